The molecule has 1 atom stereocenters. The van der Waals surface area contributed by atoms with Crippen LogP contribution in [-0.4, -0.2) is 32.8 Å². The third kappa shape index (κ3) is 3.92. The van der Waals surface area contributed by atoms with Gasteiger partial charge in [0, 0.05) is 25.4 Å². The lowest BCUT2D eigenvalue weighted by atomic mass is 10.1. The fraction of sp³-hybridized carbons (Fsp3) is 0.462. The van der Waals surface area contributed by atoms with Gasteiger partial charge >= 0.3 is 0 Å². The summed E-state index contributed by atoms with van der Waals surface area (Å²) in [6.45, 7) is 2.53. The molecule has 100 valence electrons. The van der Waals surface area contributed by atoms with Crippen LogP contribution in [0.5, 0.6) is 5.75 Å². The first-order valence-corrected chi connectivity index (χ1v) is 5.81. The van der Waals surface area contributed by atoms with E-state index in [0.29, 0.717) is 23.6 Å². The number of benzene rings is 1. The molecular weight excluding hydrogens is 232 g/mol. The van der Waals surface area contributed by atoms with Crippen molar-refractivity contribution in [3.8, 4) is 5.75 Å². The van der Waals surface area contributed by atoms with E-state index in [1.54, 1.807) is 32.4 Å². The molecule has 5 heteroatoms. The number of nitrogen functional groups attached to an aromatic ring is 1. The van der Waals surface area contributed by atoms with E-state index in [0.717, 1.165) is 6.42 Å². The Labute approximate surface area is 107 Å². The number of carbonyl (C=O) groups is 1. The van der Waals surface area contributed by atoms with E-state index in [1.807, 2.05) is 6.92 Å². The van der Waals surface area contributed by atoms with E-state index >= 15 is 0 Å². The van der Waals surface area contributed by atoms with E-state index in [1.165, 1.54) is 0 Å². The maximum absolute atomic E-state index is 12.0. The molecule has 1 aromatic carbocycles. The van der Waals surface area contributed by atoms with Crippen LogP contribution in [0.3, 0.4) is 0 Å². The van der Waals surface area contributed by atoms with Crippen LogP contribution < -0.4 is 15.8 Å². The molecule has 1 unspecified atom stereocenters. The predicted octanol–water partition coefficient (Wildman–Crippen LogP) is 1.43. The first-order valence-electron chi connectivity index (χ1n) is 5.81. The summed E-state index contributed by atoms with van der Waals surface area (Å²) in [5, 5.41) is 2.87. The highest BCUT2D eigenvalue weighted by Gasteiger charge is 2.13. The number of ether oxygens (including phenoxy) is 2. The second-order valence-electron chi connectivity index (χ2n) is 4.11. The number of nitrogens with two attached hydrogens (primary N) is 1. The molecule has 0 fully saturated rings. The SMILES string of the molecule is COCCC(C)NC(=O)c1cc(OC)ccc1N. The van der Waals surface area contributed by atoms with Gasteiger partial charge in [-0.1, -0.05) is 0 Å². The number of hydrogen-bond donors (Lipinski definition) is 2. The number of carbonyl (C=O) groups excluding carboxylic acids is 1. The van der Waals surface area contributed by atoms with Crippen molar-refractivity contribution < 1.29 is 14.3 Å². The Morgan fingerprint density at radius 1 is 1.44 bits per heavy atom. The molecule has 0 radical (unpaired) electrons. The number of methoxy groups -OCH3 is 2. The van der Waals surface area contributed by atoms with Crippen molar-refractivity contribution in [2.75, 3.05) is 26.6 Å². The van der Waals surface area contributed by atoms with Crippen molar-refractivity contribution in [2.45, 2.75) is 19.4 Å². The third-order valence-corrected chi connectivity index (χ3v) is 2.64. The molecule has 0 aliphatic rings. The number of anilines is 1. The quantitative estimate of drug-likeness (QED) is 0.751. The molecule has 3 N–H and O–H groups in total. The molecule has 18 heavy (non-hydrogen) atoms. The second-order valence-corrected chi connectivity index (χ2v) is 4.11. The van der Waals surface area contributed by atoms with Gasteiger partial charge in [-0.3, -0.25) is 4.79 Å². The van der Waals surface area contributed by atoms with Gasteiger partial charge in [-0.05, 0) is 31.5 Å². The minimum atomic E-state index is -0.199. The van der Waals surface area contributed by atoms with E-state index in [-0.39, 0.29) is 11.9 Å². The summed E-state index contributed by atoms with van der Waals surface area (Å²) in [5.41, 5.74) is 6.65. The number of rotatable bonds is 6. The van der Waals surface area contributed by atoms with Gasteiger partial charge in [0.2, 0.25) is 0 Å². The van der Waals surface area contributed by atoms with Crippen molar-refractivity contribution in [3.05, 3.63) is 23.8 Å². The fourth-order valence-corrected chi connectivity index (χ4v) is 1.53. The summed E-state index contributed by atoms with van der Waals surface area (Å²) in [6.07, 6.45) is 0.756. The zero-order valence-electron chi connectivity index (χ0n) is 11.0. The predicted molar refractivity (Wildman–Crippen MR) is 70.8 cm³/mol. The molecule has 1 amide bonds. The lowest BCUT2D eigenvalue weighted by Gasteiger charge is -2.14. The summed E-state index contributed by atoms with van der Waals surface area (Å²) in [4.78, 5) is 12.0. The first kappa shape index (κ1) is 14.3. The van der Waals surface area contributed by atoms with Crippen LogP contribution in [0.1, 0.15) is 23.7 Å². The van der Waals surface area contributed by atoms with Gasteiger partial charge in [-0.15, -0.1) is 0 Å². The lowest BCUT2D eigenvalue weighted by molar-refractivity contribution is 0.0930. The van der Waals surface area contributed by atoms with E-state index in [4.69, 9.17) is 15.2 Å². The summed E-state index contributed by atoms with van der Waals surface area (Å²) >= 11 is 0. The fourth-order valence-electron chi connectivity index (χ4n) is 1.53. The van der Waals surface area contributed by atoms with Crippen LogP contribution in [0.25, 0.3) is 0 Å². The highest BCUT2D eigenvalue weighted by Crippen LogP contribution is 2.19. The highest BCUT2D eigenvalue weighted by molar-refractivity contribution is 5.99. The smallest absolute Gasteiger partial charge is 0.253 e. The molecule has 0 saturated heterocycles. The zero-order valence-corrected chi connectivity index (χ0v) is 11.0. The highest BCUT2D eigenvalue weighted by atomic mass is 16.5. The van der Waals surface area contributed by atoms with Crippen LogP contribution in [0.4, 0.5) is 5.69 Å². The van der Waals surface area contributed by atoms with Crippen LogP contribution >= 0.6 is 0 Å². The molecule has 0 aromatic heterocycles. The van der Waals surface area contributed by atoms with E-state index < -0.39 is 0 Å². The Morgan fingerprint density at radius 3 is 2.78 bits per heavy atom. The topological polar surface area (TPSA) is 73.6 Å². The Bertz CT molecular complexity index is 407. The van der Waals surface area contributed by atoms with Gasteiger partial charge in [-0.2, -0.15) is 0 Å². The first-order chi connectivity index (χ1) is 8.58. The van der Waals surface area contributed by atoms with Crippen molar-refractivity contribution in [1.82, 2.24) is 5.32 Å². The largest absolute Gasteiger partial charge is 0.497 e. The Morgan fingerprint density at radius 2 is 2.17 bits per heavy atom. The maximum atomic E-state index is 12.0. The van der Waals surface area contributed by atoms with Crippen LogP contribution in [-0.2, 0) is 4.74 Å². The van der Waals surface area contributed by atoms with Gasteiger partial charge in [0.05, 0.1) is 12.7 Å². The monoisotopic (exact) mass is 252 g/mol. The minimum Gasteiger partial charge on any atom is -0.497 e. The van der Waals surface area contributed by atoms with Gasteiger partial charge < -0.3 is 20.5 Å². The Hall–Kier alpha value is -1.75. The van der Waals surface area contributed by atoms with Gasteiger partial charge in [0.15, 0.2) is 0 Å². The molecule has 0 spiro atoms. The molecule has 1 aromatic rings. The Kier molecular flexibility index (Phi) is 5.45. The normalized spacial score (nSPS) is 11.9. The average Bonchev–Trinajstić information content (AvgIpc) is 2.36. The summed E-state index contributed by atoms with van der Waals surface area (Å²) in [5.74, 6) is 0.411. The molecule has 0 bridgehead atoms. The van der Waals surface area contributed by atoms with Crippen LogP contribution in [0, 0.1) is 0 Å². The van der Waals surface area contributed by atoms with Gasteiger partial charge in [0.1, 0.15) is 5.75 Å². The standard InChI is InChI=1S/C13H20N2O3/c1-9(6-7-17-2)15-13(16)11-8-10(18-3)4-5-12(11)14/h4-5,8-9H,6-7,14H2,1-3H3,(H,15,16). The average molecular weight is 252 g/mol. The van der Waals surface area contributed by atoms with E-state index in [9.17, 15) is 4.79 Å². The summed E-state index contributed by atoms with van der Waals surface area (Å²) in [6, 6.07) is 5.05. The molecular formula is C13H20N2O3. The third-order valence-electron chi connectivity index (χ3n) is 2.64. The number of hydrogen-bond acceptors (Lipinski definition) is 4. The molecule has 5 nitrogen and oxygen atoms in total. The van der Waals surface area contributed by atoms with Crippen molar-refractivity contribution >= 4 is 11.6 Å². The molecule has 0 heterocycles. The molecule has 0 aliphatic heterocycles. The molecule has 0 aliphatic carbocycles. The molecule has 0 saturated carbocycles. The molecule has 1 rings (SSSR count). The zero-order chi connectivity index (χ0) is 13.5. The van der Waals surface area contributed by atoms with Gasteiger partial charge in [0.25, 0.3) is 5.91 Å². The van der Waals surface area contributed by atoms with Crippen molar-refractivity contribution in [1.29, 1.82) is 0 Å². The minimum absolute atomic E-state index is 0.0306. The number of nitrogens with one attached hydrogen (secondary N) is 1. The van der Waals surface area contributed by atoms with Crippen LogP contribution in [0.15, 0.2) is 18.2 Å². The summed E-state index contributed by atoms with van der Waals surface area (Å²) in [7, 11) is 3.18. The summed E-state index contributed by atoms with van der Waals surface area (Å²) < 4.78 is 10.0. The lowest BCUT2D eigenvalue weighted by Crippen LogP contribution is -2.33. The van der Waals surface area contributed by atoms with E-state index in [2.05, 4.69) is 5.32 Å². The van der Waals surface area contributed by atoms with Crippen molar-refractivity contribution in [3.63, 3.8) is 0 Å². The van der Waals surface area contributed by atoms with Gasteiger partial charge in [-0.25, -0.2) is 0 Å². The second kappa shape index (κ2) is 6.86. The number of amides is 1. The Balaban J connectivity index is 2.71. The van der Waals surface area contributed by atoms with Crippen molar-refractivity contribution in [2.24, 2.45) is 0 Å². The van der Waals surface area contributed by atoms with Crippen LogP contribution in [0.2, 0.25) is 0 Å². The maximum Gasteiger partial charge on any atom is 0.253 e.